The van der Waals surface area contributed by atoms with Gasteiger partial charge in [-0.1, -0.05) is 32.0 Å². The molecule has 0 atom stereocenters. The topological polar surface area (TPSA) is 51.2 Å². The quantitative estimate of drug-likeness (QED) is 0.766. The fourth-order valence-corrected chi connectivity index (χ4v) is 2.24. The van der Waals surface area contributed by atoms with Gasteiger partial charge >= 0.3 is 0 Å². The molecule has 2 aromatic rings. The number of hydrogen-bond donors (Lipinski definition) is 1. The van der Waals surface area contributed by atoms with Crippen LogP contribution in [0.4, 0.5) is 8.78 Å². The summed E-state index contributed by atoms with van der Waals surface area (Å²) in [4.78, 5) is 16.1. The first-order valence-corrected chi connectivity index (χ1v) is 8.60. The lowest BCUT2D eigenvalue weighted by molar-refractivity contribution is 0.0172. The Morgan fingerprint density at radius 1 is 1.27 bits per heavy atom. The number of nitrogens with one attached hydrogen (secondary N) is 1. The summed E-state index contributed by atoms with van der Waals surface area (Å²) < 4.78 is 32.2. The zero-order chi connectivity index (χ0) is 19.2. The van der Waals surface area contributed by atoms with Crippen LogP contribution in [0.1, 0.15) is 42.4 Å². The Hall–Kier alpha value is -2.50. The maximum Gasteiger partial charge on any atom is 0.270 e. The molecular weight excluding hydrogens is 338 g/mol. The molecule has 0 saturated heterocycles. The molecule has 0 aliphatic heterocycles. The van der Waals surface area contributed by atoms with Crippen molar-refractivity contribution in [1.82, 2.24) is 10.3 Å². The molecule has 1 aromatic carbocycles. The Bertz CT molecular complexity index is 725. The average molecular weight is 362 g/mol. The molecule has 4 nitrogen and oxygen atoms in total. The molecule has 1 heterocycles. The van der Waals surface area contributed by atoms with Crippen molar-refractivity contribution < 1.29 is 18.3 Å². The maximum atomic E-state index is 13.3. The van der Waals surface area contributed by atoms with Gasteiger partial charge in [-0.3, -0.25) is 9.78 Å². The number of nitrogens with zero attached hydrogens (tertiary/aromatic N) is 1. The van der Waals surface area contributed by atoms with Crippen LogP contribution in [-0.2, 0) is 12.3 Å². The van der Waals surface area contributed by atoms with Crippen molar-refractivity contribution in [1.29, 1.82) is 0 Å². The van der Waals surface area contributed by atoms with Crippen LogP contribution >= 0.6 is 0 Å². The van der Waals surface area contributed by atoms with Gasteiger partial charge in [-0.15, -0.1) is 0 Å². The highest BCUT2D eigenvalue weighted by atomic mass is 19.3. The lowest BCUT2D eigenvalue weighted by Crippen LogP contribution is -2.28. The number of pyridine rings is 1. The van der Waals surface area contributed by atoms with Crippen LogP contribution in [0.25, 0.3) is 0 Å². The molecule has 1 aromatic heterocycles. The predicted octanol–water partition coefficient (Wildman–Crippen LogP) is 4.20. The normalized spacial score (nSPS) is 11.5. The zero-order valence-electron chi connectivity index (χ0n) is 15.3. The van der Waals surface area contributed by atoms with E-state index in [4.69, 9.17) is 4.74 Å². The van der Waals surface area contributed by atoms with E-state index in [1.54, 1.807) is 24.4 Å². The summed E-state index contributed by atoms with van der Waals surface area (Å²) in [6.07, 6.45) is 2.19. The molecule has 26 heavy (non-hydrogen) atoms. The number of hydrogen-bond acceptors (Lipinski definition) is 3. The van der Waals surface area contributed by atoms with Gasteiger partial charge in [-0.25, -0.2) is 8.78 Å². The molecule has 2 rings (SSSR count). The molecule has 0 fully saturated rings. The van der Waals surface area contributed by atoms with Gasteiger partial charge in [0.05, 0.1) is 6.61 Å². The lowest BCUT2D eigenvalue weighted by Gasteiger charge is -2.12. The summed E-state index contributed by atoms with van der Waals surface area (Å²) in [5.74, 6) is -2.31. The van der Waals surface area contributed by atoms with Gasteiger partial charge in [0.2, 0.25) is 0 Å². The van der Waals surface area contributed by atoms with Gasteiger partial charge < -0.3 is 10.1 Å². The summed E-state index contributed by atoms with van der Waals surface area (Å²) in [5, 5.41) is 2.81. The standard InChI is InChI=1S/C20H24F2N2O2/c1-14(2)12-24-19(25)18-8-7-15(13-23-18)9-10-26-17-6-4-5-16(11-17)20(3,21)22/h4-8,11,13-14H,9-10,12H2,1-3H3,(H,24,25). The van der Waals surface area contributed by atoms with E-state index >= 15 is 0 Å². The van der Waals surface area contributed by atoms with E-state index in [-0.39, 0.29) is 11.5 Å². The number of alkyl halides is 2. The van der Waals surface area contributed by atoms with Gasteiger partial charge in [-0.2, -0.15) is 0 Å². The second-order valence-electron chi connectivity index (χ2n) is 6.67. The van der Waals surface area contributed by atoms with Crippen LogP contribution in [0.3, 0.4) is 0 Å². The Labute approximate surface area is 152 Å². The molecular formula is C20H24F2N2O2. The monoisotopic (exact) mass is 362 g/mol. The van der Waals surface area contributed by atoms with Crippen LogP contribution in [0.15, 0.2) is 42.6 Å². The molecule has 1 N–H and O–H groups in total. The van der Waals surface area contributed by atoms with Crippen molar-refractivity contribution in [3.8, 4) is 5.75 Å². The number of rotatable bonds is 8. The number of aromatic nitrogens is 1. The van der Waals surface area contributed by atoms with Crippen molar-refractivity contribution in [2.24, 2.45) is 5.92 Å². The van der Waals surface area contributed by atoms with Gasteiger partial charge in [-0.05, 0) is 29.7 Å². The average Bonchev–Trinajstić information content (AvgIpc) is 2.60. The van der Waals surface area contributed by atoms with Gasteiger partial charge in [0.1, 0.15) is 11.4 Å². The molecule has 0 bridgehead atoms. The fraction of sp³-hybridized carbons (Fsp3) is 0.400. The zero-order valence-corrected chi connectivity index (χ0v) is 15.3. The number of carbonyl (C=O) groups excluding carboxylic acids is 1. The van der Waals surface area contributed by atoms with Crippen molar-refractivity contribution in [2.45, 2.75) is 33.1 Å². The van der Waals surface area contributed by atoms with Crippen molar-refractivity contribution in [2.75, 3.05) is 13.2 Å². The van der Waals surface area contributed by atoms with E-state index in [0.29, 0.717) is 36.9 Å². The number of ether oxygens (including phenoxy) is 1. The van der Waals surface area contributed by atoms with Crippen molar-refractivity contribution in [3.05, 3.63) is 59.4 Å². The van der Waals surface area contributed by atoms with Crippen molar-refractivity contribution >= 4 is 5.91 Å². The molecule has 0 aliphatic carbocycles. The van der Waals surface area contributed by atoms with E-state index in [1.165, 1.54) is 12.1 Å². The Kier molecular flexibility index (Phi) is 6.66. The van der Waals surface area contributed by atoms with Crippen LogP contribution < -0.4 is 10.1 Å². The minimum atomic E-state index is -2.89. The summed E-state index contributed by atoms with van der Waals surface area (Å²) >= 11 is 0. The molecule has 0 aliphatic rings. The SMILES string of the molecule is CC(C)CNC(=O)c1ccc(CCOc2cccc(C(C)(F)F)c2)cn1. The first kappa shape index (κ1) is 19.8. The van der Waals surface area contributed by atoms with Crippen LogP contribution in [-0.4, -0.2) is 24.0 Å². The second-order valence-corrected chi connectivity index (χ2v) is 6.67. The predicted molar refractivity (Wildman–Crippen MR) is 96.6 cm³/mol. The molecule has 0 unspecified atom stereocenters. The first-order valence-electron chi connectivity index (χ1n) is 8.60. The van der Waals surface area contributed by atoms with Crippen LogP contribution in [0, 0.1) is 5.92 Å². The van der Waals surface area contributed by atoms with E-state index in [1.807, 2.05) is 19.9 Å². The summed E-state index contributed by atoms with van der Waals surface area (Å²) in [7, 11) is 0. The lowest BCUT2D eigenvalue weighted by atomic mass is 10.1. The van der Waals surface area contributed by atoms with E-state index in [2.05, 4.69) is 10.3 Å². The molecule has 0 spiro atoms. The molecule has 1 amide bonds. The fourth-order valence-electron chi connectivity index (χ4n) is 2.24. The maximum absolute atomic E-state index is 13.3. The summed E-state index contributed by atoms with van der Waals surface area (Å²) in [5.41, 5.74) is 1.20. The second kappa shape index (κ2) is 8.74. The third-order valence-electron chi connectivity index (χ3n) is 3.73. The summed E-state index contributed by atoms with van der Waals surface area (Å²) in [6, 6.07) is 9.41. The summed E-state index contributed by atoms with van der Waals surface area (Å²) in [6.45, 7) is 5.84. The van der Waals surface area contributed by atoms with Gasteiger partial charge in [0, 0.05) is 31.6 Å². The largest absolute Gasteiger partial charge is 0.493 e. The highest BCUT2D eigenvalue weighted by Crippen LogP contribution is 2.29. The Balaban J connectivity index is 1.86. The molecule has 6 heteroatoms. The van der Waals surface area contributed by atoms with Gasteiger partial charge in [0.15, 0.2) is 0 Å². The van der Waals surface area contributed by atoms with E-state index < -0.39 is 5.92 Å². The van der Waals surface area contributed by atoms with Crippen LogP contribution in [0.5, 0.6) is 5.75 Å². The van der Waals surface area contributed by atoms with E-state index in [9.17, 15) is 13.6 Å². The highest BCUT2D eigenvalue weighted by molar-refractivity contribution is 5.92. The third kappa shape index (κ3) is 6.10. The van der Waals surface area contributed by atoms with Gasteiger partial charge in [0.25, 0.3) is 11.8 Å². The smallest absolute Gasteiger partial charge is 0.270 e. The van der Waals surface area contributed by atoms with E-state index in [0.717, 1.165) is 12.5 Å². The number of carbonyl (C=O) groups is 1. The number of halogens is 2. The minimum absolute atomic E-state index is 0.0755. The Morgan fingerprint density at radius 2 is 2.04 bits per heavy atom. The molecule has 0 saturated carbocycles. The number of amides is 1. The first-order chi connectivity index (χ1) is 12.3. The minimum Gasteiger partial charge on any atom is -0.493 e. The van der Waals surface area contributed by atoms with Crippen molar-refractivity contribution in [3.63, 3.8) is 0 Å². The van der Waals surface area contributed by atoms with Crippen LogP contribution in [0.2, 0.25) is 0 Å². The Morgan fingerprint density at radius 3 is 2.65 bits per heavy atom. The third-order valence-corrected chi connectivity index (χ3v) is 3.73. The highest BCUT2D eigenvalue weighted by Gasteiger charge is 2.24. The number of benzene rings is 1. The molecule has 0 radical (unpaired) electrons. The molecule has 140 valence electrons.